The minimum Gasteiger partial charge on any atom is -0.457 e. The number of alkyl halides is 3. The van der Waals surface area contributed by atoms with Gasteiger partial charge in [0.1, 0.15) is 11.5 Å². The molecule has 0 spiro atoms. The molecule has 0 aliphatic carbocycles. The molecule has 0 unspecified atom stereocenters. The first kappa shape index (κ1) is 18.0. The minimum atomic E-state index is -4.43. The maximum atomic E-state index is 12.9. The van der Waals surface area contributed by atoms with E-state index in [4.69, 9.17) is 9.57 Å². The fraction of sp³-hybridized carbons (Fsp3) is 0.211. The van der Waals surface area contributed by atoms with Crippen molar-refractivity contribution in [2.24, 2.45) is 5.16 Å². The molecule has 2 heterocycles. The molecule has 0 fully saturated rings. The third-order valence-corrected chi connectivity index (χ3v) is 4.31. The Labute approximate surface area is 158 Å². The molecule has 6 nitrogen and oxygen atoms in total. The Morgan fingerprint density at radius 2 is 2.04 bits per heavy atom. The van der Waals surface area contributed by atoms with E-state index in [2.05, 4.69) is 15.5 Å². The zero-order valence-electron chi connectivity index (χ0n) is 14.7. The van der Waals surface area contributed by atoms with Gasteiger partial charge in [-0.05, 0) is 42.3 Å². The zero-order valence-corrected chi connectivity index (χ0v) is 14.7. The van der Waals surface area contributed by atoms with Gasteiger partial charge in [-0.2, -0.15) is 13.2 Å². The van der Waals surface area contributed by atoms with Gasteiger partial charge in [-0.3, -0.25) is 0 Å². The number of nitrogens with zero attached hydrogens (tertiary/aromatic N) is 4. The van der Waals surface area contributed by atoms with Crippen molar-refractivity contribution >= 4 is 5.84 Å². The number of oxime groups is 1. The van der Waals surface area contributed by atoms with E-state index in [1.807, 2.05) is 19.1 Å². The van der Waals surface area contributed by atoms with Gasteiger partial charge in [-0.15, -0.1) is 5.10 Å². The van der Waals surface area contributed by atoms with Crippen molar-refractivity contribution in [3.8, 4) is 11.5 Å². The molecule has 3 aromatic rings. The molecular weight excluding hydrogens is 373 g/mol. The first-order chi connectivity index (χ1) is 13.4. The molecule has 1 aliphatic rings. The van der Waals surface area contributed by atoms with Gasteiger partial charge in [0.25, 0.3) is 0 Å². The number of halogens is 3. The van der Waals surface area contributed by atoms with E-state index in [-0.39, 0.29) is 11.9 Å². The van der Waals surface area contributed by atoms with Crippen molar-refractivity contribution in [1.29, 1.82) is 0 Å². The number of hydrogen-bond donors (Lipinski definition) is 0. The lowest BCUT2D eigenvalue weighted by atomic mass is 10.0. The van der Waals surface area contributed by atoms with Crippen molar-refractivity contribution < 1.29 is 22.7 Å². The van der Waals surface area contributed by atoms with Crippen LogP contribution in [0.4, 0.5) is 13.2 Å². The van der Waals surface area contributed by atoms with E-state index >= 15 is 0 Å². The van der Waals surface area contributed by atoms with Crippen LogP contribution in [-0.4, -0.2) is 20.8 Å². The van der Waals surface area contributed by atoms with Crippen molar-refractivity contribution in [3.05, 3.63) is 71.5 Å². The Morgan fingerprint density at radius 3 is 2.79 bits per heavy atom. The Bertz CT molecular complexity index is 1020. The van der Waals surface area contributed by atoms with Crippen LogP contribution < -0.4 is 4.74 Å². The summed E-state index contributed by atoms with van der Waals surface area (Å²) in [7, 11) is 0. The highest BCUT2D eigenvalue weighted by Gasteiger charge is 2.31. The van der Waals surface area contributed by atoms with Gasteiger partial charge in [0.05, 0.1) is 24.4 Å². The monoisotopic (exact) mass is 388 g/mol. The molecule has 28 heavy (non-hydrogen) atoms. The van der Waals surface area contributed by atoms with Crippen molar-refractivity contribution in [1.82, 2.24) is 15.0 Å². The van der Waals surface area contributed by atoms with E-state index in [9.17, 15) is 13.2 Å². The predicted octanol–water partition coefficient (Wildman–Crippen LogP) is 4.72. The summed E-state index contributed by atoms with van der Waals surface area (Å²) in [6.07, 6.45) is -1.08. The number of aryl methyl sites for hydroxylation is 1. The van der Waals surface area contributed by atoms with Crippen LogP contribution >= 0.6 is 0 Å². The van der Waals surface area contributed by atoms with Gasteiger partial charge in [0.15, 0.2) is 11.9 Å². The fourth-order valence-corrected chi connectivity index (χ4v) is 2.81. The third kappa shape index (κ3) is 3.68. The Hall–Kier alpha value is -3.36. The Kier molecular flexibility index (Phi) is 4.50. The largest absolute Gasteiger partial charge is 0.457 e. The second kappa shape index (κ2) is 6.99. The van der Waals surface area contributed by atoms with Crippen molar-refractivity contribution in [3.63, 3.8) is 0 Å². The molecule has 9 heteroatoms. The van der Waals surface area contributed by atoms with Crippen LogP contribution in [0.2, 0.25) is 0 Å². The highest BCUT2D eigenvalue weighted by Crippen LogP contribution is 2.35. The number of ether oxygens (including phenoxy) is 1. The normalized spacial score (nSPS) is 16.6. The number of aromatic nitrogens is 3. The van der Waals surface area contributed by atoms with Gasteiger partial charge in [-0.1, -0.05) is 28.6 Å². The maximum absolute atomic E-state index is 12.9. The van der Waals surface area contributed by atoms with Crippen LogP contribution in [0.25, 0.3) is 0 Å². The first-order valence-corrected chi connectivity index (χ1v) is 8.45. The Balaban J connectivity index is 1.54. The van der Waals surface area contributed by atoms with Crippen LogP contribution in [0.15, 0.2) is 60.0 Å². The molecule has 0 amide bonds. The topological polar surface area (TPSA) is 61.5 Å². The molecule has 1 atom stereocenters. The number of hydrogen-bond acceptors (Lipinski definition) is 5. The lowest BCUT2D eigenvalue weighted by molar-refractivity contribution is -0.137. The highest BCUT2D eigenvalue weighted by molar-refractivity contribution is 5.84. The molecule has 2 aromatic carbocycles. The van der Waals surface area contributed by atoms with E-state index in [0.29, 0.717) is 18.0 Å². The molecule has 0 bridgehead atoms. The van der Waals surface area contributed by atoms with Gasteiger partial charge < -0.3 is 9.57 Å². The molecule has 1 aromatic heterocycles. The molecule has 1 aliphatic heterocycles. The molecule has 144 valence electrons. The SMILES string of the molecule is Cc1ccc([C@@H]2CC(n3ccnn3)=NO2)cc1Oc1cccc(C(F)(F)F)c1. The van der Waals surface area contributed by atoms with E-state index in [1.165, 1.54) is 16.8 Å². The molecule has 0 radical (unpaired) electrons. The van der Waals surface area contributed by atoms with Crippen LogP contribution in [-0.2, 0) is 11.0 Å². The van der Waals surface area contributed by atoms with Crippen molar-refractivity contribution in [2.75, 3.05) is 0 Å². The summed E-state index contributed by atoms with van der Waals surface area (Å²) in [6, 6.07) is 10.2. The smallest absolute Gasteiger partial charge is 0.416 e. The number of benzene rings is 2. The fourth-order valence-electron chi connectivity index (χ4n) is 2.81. The number of rotatable bonds is 3. The summed E-state index contributed by atoms with van der Waals surface area (Å²) in [5, 5.41) is 11.6. The summed E-state index contributed by atoms with van der Waals surface area (Å²) in [4.78, 5) is 5.48. The second-order valence-electron chi connectivity index (χ2n) is 6.31. The summed E-state index contributed by atoms with van der Waals surface area (Å²) in [6.45, 7) is 1.82. The standard InChI is InChI=1S/C19H15F3N4O2/c1-12-5-6-13(17-11-18(24-28-17)26-8-7-23-25-26)9-16(12)27-15-4-2-3-14(10-15)19(20,21)22/h2-10,17H,11H2,1H3/t17-/m0/s1. The lowest BCUT2D eigenvalue weighted by Crippen LogP contribution is -2.11. The molecule has 4 rings (SSSR count). The summed E-state index contributed by atoms with van der Waals surface area (Å²) < 4.78 is 46.0. The third-order valence-electron chi connectivity index (χ3n) is 4.31. The van der Waals surface area contributed by atoms with Crippen LogP contribution in [0.1, 0.15) is 29.2 Å². The molecule has 0 saturated heterocycles. The quantitative estimate of drug-likeness (QED) is 0.651. The molecular formula is C19H15F3N4O2. The van der Waals surface area contributed by atoms with E-state index in [1.54, 1.807) is 18.5 Å². The summed E-state index contributed by atoms with van der Waals surface area (Å²) in [5.74, 6) is 1.18. The average molecular weight is 388 g/mol. The van der Waals surface area contributed by atoms with Gasteiger partial charge in [0.2, 0.25) is 0 Å². The summed E-state index contributed by atoms with van der Waals surface area (Å²) >= 11 is 0. The van der Waals surface area contributed by atoms with Crippen LogP contribution in [0, 0.1) is 6.92 Å². The predicted molar refractivity (Wildman–Crippen MR) is 94.0 cm³/mol. The highest BCUT2D eigenvalue weighted by atomic mass is 19.4. The maximum Gasteiger partial charge on any atom is 0.416 e. The van der Waals surface area contributed by atoms with Crippen molar-refractivity contribution in [2.45, 2.75) is 25.6 Å². The van der Waals surface area contributed by atoms with Gasteiger partial charge in [0, 0.05) is 0 Å². The lowest BCUT2D eigenvalue weighted by Gasteiger charge is -2.14. The molecule has 0 N–H and O–H groups in total. The zero-order chi connectivity index (χ0) is 19.7. The minimum absolute atomic E-state index is 0.113. The van der Waals surface area contributed by atoms with Gasteiger partial charge >= 0.3 is 6.18 Å². The second-order valence-corrected chi connectivity index (χ2v) is 6.31. The Morgan fingerprint density at radius 1 is 1.18 bits per heavy atom. The average Bonchev–Trinajstić information content (AvgIpc) is 3.34. The van der Waals surface area contributed by atoms with Gasteiger partial charge in [-0.25, -0.2) is 4.68 Å². The van der Waals surface area contributed by atoms with E-state index in [0.717, 1.165) is 23.3 Å². The molecule has 0 saturated carbocycles. The first-order valence-electron chi connectivity index (χ1n) is 8.45. The summed E-state index contributed by atoms with van der Waals surface area (Å²) in [5.41, 5.74) is 0.826. The van der Waals surface area contributed by atoms with Crippen LogP contribution in [0.3, 0.4) is 0 Å². The van der Waals surface area contributed by atoms with Crippen LogP contribution in [0.5, 0.6) is 11.5 Å². The van der Waals surface area contributed by atoms with E-state index < -0.39 is 11.7 Å².